The van der Waals surface area contributed by atoms with Crippen molar-refractivity contribution < 1.29 is 5.11 Å². The number of fused-ring (bicyclic) bond motifs is 1. The van der Waals surface area contributed by atoms with E-state index in [1.54, 1.807) is 0 Å². The van der Waals surface area contributed by atoms with E-state index >= 15 is 0 Å². The van der Waals surface area contributed by atoms with E-state index in [1.165, 1.54) is 16.3 Å². The maximum atomic E-state index is 10.2. The zero-order valence-corrected chi connectivity index (χ0v) is 12.0. The van der Waals surface area contributed by atoms with Crippen molar-refractivity contribution in [1.82, 2.24) is 0 Å². The fourth-order valence-electron chi connectivity index (χ4n) is 2.73. The Hall–Kier alpha value is -1.34. The Morgan fingerprint density at radius 1 is 0.947 bits per heavy atom. The van der Waals surface area contributed by atoms with Crippen molar-refractivity contribution >= 4 is 10.8 Å². The molecule has 0 fully saturated rings. The smallest absolute Gasteiger partial charge is 0.0583 e. The molecule has 1 N–H and O–H groups in total. The third-order valence-corrected chi connectivity index (χ3v) is 4.05. The molecule has 2 rings (SSSR count). The molecule has 0 bridgehead atoms. The molecule has 1 heteroatoms. The maximum Gasteiger partial charge on any atom is 0.0583 e. The van der Waals surface area contributed by atoms with Gasteiger partial charge >= 0.3 is 0 Å². The maximum absolute atomic E-state index is 10.2. The van der Waals surface area contributed by atoms with E-state index in [4.69, 9.17) is 0 Å². The summed E-state index contributed by atoms with van der Waals surface area (Å²) in [4.78, 5) is 0. The molecule has 0 aliphatic carbocycles. The van der Waals surface area contributed by atoms with Crippen LogP contribution in [0.4, 0.5) is 0 Å². The van der Waals surface area contributed by atoms with E-state index in [0.717, 1.165) is 25.7 Å². The molecule has 0 radical (unpaired) electrons. The Kier molecular flexibility index (Phi) is 4.98. The van der Waals surface area contributed by atoms with Crippen molar-refractivity contribution in [3.8, 4) is 0 Å². The minimum Gasteiger partial charge on any atom is -0.393 e. The average Bonchev–Trinajstić information content (AvgIpc) is 2.44. The number of hydrogen-bond donors (Lipinski definition) is 1. The summed E-state index contributed by atoms with van der Waals surface area (Å²) in [7, 11) is 0. The minimum absolute atomic E-state index is 0.217. The molecule has 1 nitrogen and oxygen atoms in total. The Morgan fingerprint density at radius 2 is 1.63 bits per heavy atom. The number of hydrogen-bond acceptors (Lipinski definition) is 1. The van der Waals surface area contributed by atoms with Gasteiger partial charge in [-0.1, -0.05) is 69.2 Å². The van der Waals surface area contributed by atoms with Crippen LogP contribution in [0.5, 0.6) is 0 Å². The van der Waals surface area contributed by atoms with Crippen LogP contribution in [-0.2, 0) is 6.42 Å². The summed E-state index contributed by atoms with van der Waals surface area (Å²) in [5.41, 5.74) is 1.23. The molecule has 2 aromatic carbocycles. The van der Waals surface area contributed by atoms with E-state index in [9.17, 15) is 5.11 Å². The molecule has 1 atom stereocenters. The first kappa shape index (κ1) is 14.1. The van der Waals surface area contributed by atoms with Crippen molar-refractivity contribution in [2.24, 2.45) is 5.92 Å². The van der Waals surface area contributed by atoms with E-state index in [-0.39, 0.29) is 6.10 Å². The highest BCUT2D eigenvalue weighted by molar-refractivity contribution is 5.82. The van der Waals surface area contributed by atoms with Gasteiger partial charge in [-0.2, -0.15) is 0 Å². The normalized spacial score (nSPS) is 13.1. The molecule has 0 aliphatic heterocycles. The van der Waals surface area contributed by atoms with Crippen LogP contribution in [0.15, 0.2) is 42.5 Å². The average molecular weight is 256 g/mol. The molecular formula is C18H24O. The summed E-state index contributed by atoms with van der Waals surface area (Å²) in [6.07, 6.45) is 3.78. The summed E-state index contributed by atoms with van der Waals surface area (Å²) >= 11 is 0. The van der Waals surface area contributed by atoms with Gasteiger partial charge in [0.2, 0.25) is 0 Å². The van der Waals surface area contributed by atoms with Crippen molar-refractivity contribution in [2.75, 3.05) is 0 Å². The number of aliphatic hydroxyl groups excluding tert-OH is 1. The Morgan fingerprint density at radius 3 is 2.32 bits per heavy atom. The van der Waals surface area contributed by atoms with Gasteiger partial charge in [-0.25, -0.2) is 0 Å². The molecule has 0 aliphatic rings. The van der Waals surface area contributed by atoms with Crippen LogP contribution in [0.2, 0.25) is 0 Å². The molecular weight excluding hydrogens is 232 g/mol. The van der Waals surface area contributed by atoms with Crippen molar-refractivity contribution in [3.05, 3.63) is 48.0 Å². The lowest BCUT2D eigenvalue weighted by Crippen LogP contribution is -2.15. The zero-order chi connectivity index (χ0) is 13.7. The predicted octanol–water partition coefficient (Wildman–Crippen LogP) is 4.57. The van der Waals surface area contributed by atoms with Gasteiger partial charge in [0.1, 0.15) is 0 Å². The summed E-state index contributed by atoms with van der Waals surface area (Å²) in [5.74, 6) is 0.649. The molecule has 0 saturated carbocycles. The Labute approximate surface area is 116 Å². The second-order valence-electron chi connectivity index (χ2n) is 5.46. The van der Waals surface area contributed by atoms with Gasteiger partial charge in [0, 0.05) is 0 Å². The van der Waals surface area contributed by atoms with E-state index < -0.39 is 0 Å². The largest absolute Gasteiger partial charge is 0.393 e. The van der Waals surface area contributed by atoms with Gasteiger partial charge in [0.05, 0.1) is 6.10 Å². The molecule has 102 valence electrons. The zero-order valence-electron chi connectivity index (χ0n) is 12.0. The molecule has 2 aromatic rings. The second kappa shape index (κ2) is 6.72. The third-order valence-electron chi connectivity index (χ3n) is 4.05. The van der Waals surface area contributed by atoms with Crippen LogP contribution < -0.4 is 0 Å². The lowest BCUT2D eigenvalue weighted by atomic mass is 9.93. The van der Waals surface area contributed by atoms with Crippen LogP contribution in [0.3, 0.4) is 0 Å². The lowest BCUT2D eigenvalue weighted by Gasteiger charge is -2.17. The minimum atomic E-state index is -0.217. The monoisotopic (exact) mass is 256 g/mol. The van der Waals surface area contributed by atoms with Crippen LogP contribution in [0, 0.1) is 5.92 Å². The van der Waals surface area contributed by atoms with Gasteiger partial charge in [0.15, 0.2) is 0 Å². The molecule has 19 heavy (non-hydrogen) atoms. The highest BCUT2D eigenvalue weighted by Crippen LogP contribution is 2.20. The molecule has 0 heterocycles. The van der Waals surface area contributed by atoms with Gasteiger partial charge in [-0.15, -0.1) is 0 Å². The summed E-state index contributed by atoms with van der Waals surface area (Å²) in [6.45, 7) is 4.41. The van der Waals surface area contributed by atoms with Crippen LogP contribution in [0.1, 0.15) is 38.7 Å². The Balaban J connectivity index is 2.04. The number of benzene rings is 2. The van der Waals surface area contributed by atoms with Gasteiger partial charge < -0.3 is 5.11 Å². The van der Waals surface area contributed by atoms with Gasteiger partial charge in [-0.05, 0) is 35.1 Å². The van der Waals surface area contributed by atoms with Crippen molar-refractivity contribution in [2.45, 2.75) is 45.6 Å². The first-order chi connectivity index (χ1) is 9.22. The fraction of sp³-hybridized carbons (Fsp3) is 0.444. The first-order valence-electron chi connectivity index (χ1n) is 7.38. The van der Waals surface area contributed by atoms with E-state index in [2.05, 4.69) is 56.3 Å². The SMILES string of the molecule is CCC(CC)CC(O)Cc1ccc2ccccc2c1. The predicted molar refractivity (Wildman–Crippen MR) is 82.3 cm³/mol. The third kappa shape index (κ3) is 3.81. The van der Waals surface area contributed by atoms with Crippen LogP contribution >= 0.6 is 0 Å². The highest BCUT2D eigenvalue weighted by atomic mass is 16.3. The summed E-state index contributed by atoms with van der Waals surface area (Å²) < 4.78 is 0. The standard InChI is InChI=1S/C18H24O/c1-3-14(4-2)12-18(19)13-15-9-10-16-7-5-6-8-17(16)11-15/h5-11,14,18-19H,3-4,12-13H2,1-2H3. The van der Waals surface area contributed by atoms with E-state index in [1.807, 2.05) is 0 Å². The Bertz CT molecular complexity index is 514. The molecule has 0 saturated heterocycles. The van der Waals surface area contributed by atoms with E-state index in [0.29, 0.717) is 5.92 Å². The van der Waals surface area contributed by atoms with Gasteiger partial charge in [-0.3, -0.25) is 0 Å². The number of rotatable bonds is 6. The van der Waals surface area contributed by atoms with Crippen LogP contribution in [0.25, 0.3) is 10.8 Å². The molecule has 0 spiro atoms. The topological polar surface area (TPSA) is 20.2 Å². The molecule has 0 amide bonds. The highest BCUT2D eigenvalue weighted by Gasteiger charge is 2.12. The van der Waals surface area contributed by atoms with Crippen molar-refractivity contribution in [1.29, 1.82) is 0 Å². The van der Waals surface area contributed by atoms with Crippen molar-refractivity contribution in [3.63, 3.8) is 0 Å². The first-order valence-corrected chi connectivity index (χ1v) is 7.38. The second-order valence-corrected chi connectivity index (χ2v) is 5.46. The van der Waals surface area contributed by atoms with Crippen LogP contribution in [-0.4, -0.2) is 11.2 Å². The quantitative estimate of drug-likeness (QED) is 0.802. The van der Waals surface area contributed by atoms with Gasteiger partial charge in [0.25, 0.3) is 0 Å². The summed E-state index contributed by atoms with van der Waals surface area (Å²) in [6, 6.07) is 14.9. The summed E-state index contributed by atoms with van der Waals surface area (Å²) in [5, 5.41) is 12.7. The number of aliphatic hydroxyl groups is 1. The lowest BCUT2D eigenvalue weighted by molar-refractivity contribution is 0.139. The fourth-order valence-corrected chi connectivity index (χ4v) is 2.73. The molecule has 1 unspecified atom stereocenters. The molecule has 0 aromatic heterocycles.